The van der Waals surface area contributed by atoms with Gasteiger partial charge < -0.3 is 24.8 Å². The molecule has 200 valence electrons. The number of nitrogens with zero attached hydrogens (tertiary/aromatic N) is 3. The van der Waals surface area contributed by atoms with Crippen molar-refractivity contribution in [2.24, 2.45) is 0 Å². The molecule has 0 saturated carbocycles. The van der Waals surface area contributed by atoms with Crippen LogP contribution >= 0.6 is 11.6 Å². The number of fused-ring (bicyclic) bond motifs is 1. The lowest BCUT2D eigenvalue weighted by atomic mass is 9.95. The Bertz CT molecular complexity index is 1530. The Kier molecular flexibility index (Phi) is 7.38. The van der Waals surface area contributed by atoms with Crippen molar-refractivity contribution in [3.8, 4) is 17.2 Å². The quantitative estimate of drug-likeness (QED) is 0.295. The second-order valence-electron chi connectivity index (χ2n) is 8.67. The monoisotopic (exact) mass is 549 g/mol. The van der Waals surface area contributed by atoms with Gasteiger partial charge in [-0.25, -0.2) is 9.07 Å². The van der Waals surface area contributed by atoms with Gasteiger partial charge in [-0.1, -0.05) is 29.8 Å². The molecule has 1 aliphatic heterocycles. The smallest absolute Gasteiger partial charge is 0.255 e. The summed E-state index contributed by atoms with van der Waals surface area (Å²) in [5.74, 6) is 1.30. The molecule has 1 unspecified atom stereocenters. The molecular formula is C28H25ClFN5O4. The van der Waals surface area contributed by atoms with Crippen LogP contribution in [0.15, 0.2) is 78.3 Å². The van der Waals surface area contributed by atoms with Crippen molar-refractivity contribution in [3.63, 3.8) is 0 Å². The number of methoxy groups -OCH3 is 2. The minimum Gasteiger partial charge on any atom is -0.497 e. The fourth-order valence-electron chi connectivity index (χ4n) is 4.36. The van der Waals surface area contributed by atoms with Gasteiger partial charge in [0, 0.05) is 17.3 Å². The van der Waals surface area contributed by atoms with E-state index in [4.69, 9.17) is 25.8 Å². The van der Waals surface area contributed by atoms with Gasteiger partial charge in [0.15, 0.2) is 0 Å². The lowest BCUT2D eigenvalue weighted by Crippen LogP contribution is -2.31. The standard InChI is InChI=1S/C28H25ClFN5O4/c1-16-25(27(36)34-23-12-11-19(37-2)13-24(23)38-3)26(35-28(33-16)31-15-32-35)17-7-9-18(10-8-17)39-14-20-21(29)5-4-6-22(20)30/h4-13,15,26H,14H2,1-3H3,(H,34,36)(H,31,32,33). The number of carbonyl (C=O) groups is 1. The van der Waals surface area contributed by atoms with Crippen LogP contribution in [0.5, 0.6) is 17.2 Å². The first-order chi connectivity index (χ1) is 18.9. The Morgan fingerprint density at radius 1 is 1.10 bits per heavy atom. The van der Waals surface area contributed by atoms with E-state index in [1.165, 1.54) is 19.5 Å². The summed E-state index contributed by atoms with van der Waals surface area (Å²) >= 11 is 6.11. The largest absolute Gasteiger partial charge is 0.497 e. The molecule has 1 aromatic heterocycles. The fraction of sp³-hybridized carbons (Fsp3) is 0.179. The minimum atomic E-state index is -0.581. The van der Waals surface area contributed by atoms with Gasteiger partial charge in [0.05, 0.1) is 30.5 Å². The normalized spacial score (nSPS) is 14.3. The highest BCUT2D eigenvalue weighted by Crippen LogP contribution is 2.37. The Labute approximate surface area is 229 Å². The third-order valence-electron chi connectivity index (χ3n) is 6.34. The Morgan fingerprint density at radius 3 is 2.59 bits per heavy atom. The topological polar surface area (TPSA) is 99.5 Å². The van der Waals surface area contributed by atoms with Crippen molar-refractivity contribution in [2.75, 3.05) is 24.9 Å². The highest BCUT2D eigenvalue weighted by molar-refractivity contribution is 6.31. The number of halogens is 2. The molecular weight excluding hydrogens is 525 g/mol. The molecule has 1 aliphatic rings. The van der Waals surface area contributed by atoms with E-state index in [-0.39, 0.29) is 18.1 Å². The number of anilines is 2. The summed E-state index contributed by atoms with van der Waals surface area (Å²) < 4.78 is 32.2. The van der Waals surface area contributed by atoms with Crippen molar-refractivity contribution in [1.82, 2.24) is 14.8 Å². The number of hydrogen-bond acceptors (Lipinski definition) is 7. The summed E-state index contributed by atoms with van der Waals surface area (Å²) in [6.45, 7) is 1.78. The first-order valence-electron chi connectivity index (χ1n) is 12.0. The molecule has 0 spiro atoms. The van der Waals surface area contributed by atoms with Gasteiger partial charge in [0.2, 0.25) is 5.95 Å². The van der Waals surface area contributed by atoms with Crippen LogP contribution in [0.25, 0.3) is 0 Å². The number of ether oxygens (including phenoxy) is 3. The summed E-state index contributed by atoms with van der Waals surface area (Å²) in [4.78, 5) is 17.9. The van der Waals surface area contributed by atoms with Crippen LogP contribution in [0.1, 0.15) is 24.1 Å². The van der Waals surface area contributed by atoms with Gasteiger partial charge in [0.25, 0.3) is 5.91 Å². The summed E-state index contributed by atoms with van der Waals surface area (Å²) in [5.41, 5.74) is 2.60. The SMILES string of the molecule is COc1ccc(NC(=O)C2=C(C)Nc3ncnn3C2c2ccc(OCc3c(F)cccc3Cl)cc2)c(OC)c1. The van der Waals surface area contributed by atoms with Crippen LogP contribution in [-0.2, 0) is 11.4 Å². The van der Waals surface area contributed by atoms with Crippen LogP contribution < -0.4 is 24.8 Å². The van der Waals surface area contributed by atoms with Crippen molar-refractivity contribution < 1.29 is 23.4 Å². The van der Waals surface area contributed by atoms with E-state index in [1.54, 1.807) is 61.2 Å². The predicted octanol–water partition coefficient (Wildman–Crippen LogP) is 5.59. The van der Waals surface area contributed by atoms with Gasteiger partial charge in [-0.2, -0.15) is 10.1 Å². The number of nitrogens with one attached hydrogen (secondary N) is 2. The molecule has 0 aliphatic carbocycles. The van der Waals surface area contributed by atoms with E-state index in [2.05, 4.69) is 20.7 Å². The third kappa shape index (κ3) is 5.23. The average Bonchev–Trinajstić information content (AvgIpc) is 3.40. The van der Waals surface area contributed by atoms with Crippen LogP contribution in [0, 0.1) is 5.82 Å². The van der Waals surface area contributed by atoms with Crippen molar-refractivity contribution in [3.05, 3.63) is 100 Å². The van der Waals surface area contributed by atoms with E-state index in [1.807, 2.05) is 12.1 Å². The van der Waals surface area contributed by atoms with Gasteiger partial charge >= 0.3 is 0 Å². The lowest BCUT2D eigenvalue weighted by Gasteiger charge is -2.29. The van der Waals surface area contributed by atoms with Crippen LogP contribution in [-0.4, -0.2) is 34.9 Å². The Morgan fingerprint density at radius 2 is 1.87 bits per heavy atom. The maximum Gasteiger partial charge on any atom is 0.255 e. The molecule has 0 fully saturated rings. The number of allylic oxidation sites excluding steroid dienone is 1. The zero-order valence-corrected chi connectivity index (χ0v) is 22.1. The average molecular weight is 550 g/mol. The first kappa shape index (κ1) is 26.1. The molecule has 0 bridgehead atoms. The van der Waals surface area contributed by atoms with E-state index < -0.39 is 11.9 Å². The molecule has 9 nitrogen and oxygen atoms in total. The first-order valence-corrected chi connectivity index (χ1v) is 12.3. The van der Waals surface area contributed by atoms with Gasteiger partial charge in [-0.15, -0.1) is 0 Å². The molecule has 39 heavy (non-hydrogen) atoms. The maximum absolute atomic E-state index is 14.1. The van der Waals surface area contributed by atoms with E-state index in [0.29, 0.717) is 45.2 Å². The van der Waals surface area contributed by atoms with Crippen molar-refractivity contribution >= 4 is 29.1 Å². The summed E-state index contributed by atoms with van der Waals surface area (Å²) in [6.07, 6.45) is 1.42. The van der Waals surface area contributed by atoms with E-state index in [0.717, 1.165) is 5.56 Å². The van der Waals surface area contributed by atoms with Crippen LogP contribution in [0.3, 0.4) is 0 Å². The molecule has 0 saturated heterocycles. The van der Waals surface area contributed by atoms with E-state index >= 15 is 0 Å². The third-order valence-corrected chi connectivity index (χ3v) is 6.69. The van der Waals surface area contributed by atoms with Crippen molar-refractivity contribution in [1.29, 1.82) is 0 Å². The predicted molar refractivity (Wildman–Crippen MR) is 145 cm³/mol. The number of amides is 1. The second kappa shape index (κ2) is 11.0. The lowest BCUT2D eigenvalue weighted by molar-refractivity contribution is -0.113. The van der Waals surface area contributed by atoms with Gasteiger partial charge in [-0.3, -0.25) is 4.79 Å². The molecule has 0 radical (unpaired) electrons. The zero-order chi connectivity index (χ0) is 27.5. The number of carbonyl (C=O) groups excluding carboxylic acids is 1. The Balaban J connectivity index is 1.42. The maximum atomic E-state index is 14.1. The highest BCUT2D eigenvalue weighted by Gasteiger charge is 2.33. The molecule has 5 rings (SSSR count). The summed E-state index contributed by atoms with van der Waals surface area (Å²) in [6, 6.07) is 16.2. The van der Waals surface area contributed by atoms with Crippen LogP contribution in [0.4, 0.5) is 16.0 Å². The molecule has 1 amide bonds. The fourth-order valence-corrected chi connectivity index (χ4v) is 4.57. The summed E-state index contributed by atoms with van der Waals surface area (Å²) in [7, 11) is 3.08. The van der Waals surface area contributed by atoms with Gasteiger partial charge in [-0.05, 0) is 48.9 Å². The molecule has 4 aromatic rings. The second-order valence-corrected chi connectivity index (χ2v) is 9.08. The number of hydrogen-bond donors (Lipinski definition) is 2. The Hall–Kier alpha value is -4.57. The molecule has 3 aromatic carbocycles. The number of benzene rings is 3. The molecule has 2 heterocycles. The zero-order valence-electron chi connectivity index (χ0n) is 21.4. The van der Waals surface area contributed by atoms with Crippen LogP contribution in [0.2, 0.25) is 5.02 Å². The molecule has 11 heteroatoms. The van der Waals surface area contributed by atoms with Gasteiger partial charge in [0.1, 0.15) is 42.0 Å². The molecule has 1 atom stereocenters. The van der Waals surface area contributed by atoms with Crippen molar-refractivity contribution in [2.45, 2.75) is 19.6 Å². The minimum absolute atomic E-state index is 0.0260. The molecule has 2 N–H and O–H groups in total. The highest BCUT2D eigenvalue weighted by atomic mass is 35.5. The number of rotatable bonds is 8. The summed E-state index contributed by atoms with van der Waals surface area (Å²) in [5, 5.41) is 10.8. The van der Waals surface area contributed by atoms with E-state index in [9.17, 15) is 9.18 Å². The number of aromatic nitrogens is 3.